The topological polar surface area (TPSA) is 67.9 Å². The molecule has 1 saturated heterocycles. The molecular weight excluding hydrogens is 296 g/mol. The van der Waals surface area contributed by atoms with Crippen LogP contribution >= 0.6 is 0 Å². The van der Waals surface area contributed by atoms with Gasteiger partial charge in [0.25, 0.3) is 0 Å². The second kappa shape index (κ2) is 7.35. The predicted octanol–water partition coefficient (Wildman–Crippen LogP) is 1.37. The molecule has 0 radical (unpaired) electrons. The van der Waals surface area contributed by atoms with Gasteiger partial charge >= 0.3 is 0 Å². The highest BCUT2D eigenvalue weighted by atomic mass is 16.5. The third kappa shape index (κ3) is 4.15. The van der Waals surface area contributed by atoms with Crippen molar-refractivity contribution in [3.63, 3.8) is 0 Å². The van der Waals surface area contributed by atoms with Gasteiger partial charge in [0.15, 0.2) is 11.5 Å². The molecule has 1 unspecified atom stereocenters. The number of nitrogens with zero attached hydrogens (tertiary/aromatic N) is 1. The zero-order valence-electron chi connectivity index (χ0n) is 14.1. The van der Waals surface area contributed by atoms with E-state index in [-0.39, 0.29) is 30.3 Å². The minimum Gasteiger partial charge on any atom is -0.493 e. The lowest BCUT2D eigenvalue weighted by Gasteiger charge is -2.21. The second-order valence-electron chi connectivity index (χ2n) is 5.97. The van der Waals surface area contributed by atoms with Crippen LogP contribution in [0.3, 0.4) is 0 Å². The Balaban J connectivity index is 1.94. The maximum atomic E-state index is 12.2. The third-order valence-corrected chi connectivity index (χ3v) is 3.96. The quantitative estimate of drug-likeness (QED) is 0.860. The van der Waals surface area contributed by atoms with Crippen molar-refractivity contribution in [2.24, 2.45) is 0 Å². The van der Waals surface area contributed by atoms with E-state index in [4.69, 9.17) is 9.47 Å². The minimum absolute atomic E-state index is 0.0939. The molecule has 1 aromatic carbocycles. The van der Waals surface area contributed by atoms with E-state index in [1.807, 2.05) is 19.9 Å². The molecule has 126 valence electrons. The van der Waals surface area contributed by atoms with Crippen LogP contribution in [0.5, 0.6) is 11.5 Å². The summed E-state index contributed by atoms with van der Waals surface area (Å²) < 4.78 is 10.4. The summed E-state index contributed by atoms with van der Waals surface area (Å²) in [7, 11) is 3.13. The summed E-state index contributed by atoms with van der Waals surface area (Å²) in [6, 6.07) is 5.45. The first kappa shape index (κ1) is 17.1. The number of likely N-dealkylation sites (tertiary alicyclic amines) is 1. The molecule has 0 bridgehead atoms. The van der Waals surface area contributed by atoms with Crippen LogP contribution in [-0.4, -0.2) is 49.6 Å². The number of rotatable bonds is 6. The van der Waals surface area contributed by atoms with E-state index in [0.29, 0.717) is 24.5 Å². The number of carbonyl (C=O) groups excluding carboxylic acids is 2. The van der Waals surface area contributed by atoms with Crippen molar-refractivity contribution in [3.05, 3.63) is 23.8 Å². The van der Waals surface area contributed by atoms with Crippen molar-refractivity contribution < 1.29 is 19.1 Å². The summed E-state index contributed by atoms with van der Waals surface area (Å²) in [5.41, 5.74) is 0.838. The molecule has 0 aromatic heterocycles. The van der Waals surface area contributed by atoms with Crippen LogP contribution in [0, 0.1) is 0 Å². The Bertz CT molecular complexity index is 586. The number of amides is 2. The van der Waals surface area contributed by atoms with Gasteiger partial charge in [-0.3, -0.25) is 9.59 Å². The van der Waals surface area contributed by atoms with Crippen LogP contribution in [-0.2, 0) is 16.0 Å². The Hall–Kier alpha value is -2.24. The summed E-state index contributed by atoms with van der Waals surface area (Å²) in [5.74, 6) is 1.22. The maximum absolute atomic E-state index is 12.2. The fourth-order valence-corrected chi connectivity index (χ4v) is 2.78. The fourth-order valence-electron chi connectivity index (χ4n) is 2.78. The molecule has 0 saturated carbocycles. The van der Waals surface area contributed by atoms with E-state index in [0.717, 1.165) is 5.56 Å². The number of methoxy groups -OCH3 is 2. The molecule has 0 spiro atoms. The molecule has 1 aromatic rings. The van der Waals surface area contributed by atoms with Crippen LogP contribution in [0.4, 0.5) is 0 Å². The summed E-state index contributed by atoms with van der Waals surface area (Å²) in [6.07, 6.45) is 0.614. The van der Waals surface area contributed by atoms with E-state index in [1.54, 1.807) is 31.3 Å². The average molecular weight is 320 g/mol. The van der Waals surface area contributed by atoms with Gasteiger partial charge in [-0.1, -0.05) is 6.07 Å². The largest absolute Gasteiger partial charge is 0.493 e. The Morgan fingerprint density at radius 1 is 1.30 bits per heavy atom. The zero-order valence-corrected chi connectivity index (χ0v) is 14.1. The molecule has 6 nitrogen and oxygen atoms in total. The summed E-state index contributed by atoms with van der Waals surface area (Å²) >= 11 is 0. The van der Waals surface area contributed by atoms with Crippen LogP contribution in [0.1, 0.15) is 25.8 Å². The molecule has 1 aliphatic heterocycles. The third-order valence-electron chi connectivity index (χ3n) is 3.96. The first-order valence-electron chi connectivity index (χ1n) is 7.74. The van der Waals surface area contributed by atoms with Crippen LogP contribution < -0.4 is 14.8 Å². The lowest BCUT2D eigenvalue weighted by molar-refractivity contribution is -0.129. The normalized spacial score (nSPS) is 17.5. The van der Waals surface area contributed by atoms with E-state index in [2.05, 4.69) is 5.32 Å². The van der Waals surface area contributed by atoms with E-state index < -0.39 is 0 Å². The van der Waals surface area contributed by atoms with Gasteiger partial charge in [-0.25, -0.2) is 0 Å². The van der Waals surface area contributed by atoms with Crippen molar-refractivity contribution in [2.45, 2.75) is 38.8 Å². The molecule has 2 rings (SSSR count). The van der Waals surface area contributed by atoms with Gasteiger partial charge in [-0.05, 0) is 31.5 Å². The van der Waals surface area contributed by atoms with Crippen LogP contribution in [0.2, 0.25) is 0 Å². The van der Waals surface area contributed by atoms with Crippen LogP contribution in [0.25, 0.3) is 0 Å². The summed E-state index contributed by atoms with van der Waals surface area (Å²) in [6.45, 7) is 4.53. The molecule has 1 heterocycles. The lowest BCUT2D eigenvalue weighted by atomic mass is 10.1. The average Bonchev–Trinajstić information content (AvgIpc) is 2.87. The van der Waals surface area contributed by atoms with Gasteiger partial charge < -0.3 is 19.7 Å². The van der Waals surface area contributed by atoms with Gasteiger partial charge in [0.2, 0.25) is 11.8 Å². The van der Waals surface area contributed by atoms with Crippen molar-refractivity contribution in [3.8, 4) is 11.5 Å². The highest BCUT2D eigenvalue weighted by Gasteiger charge is 2.31. The van der Waals surface area contributed by atoms with E-state index >= 15 is 0 Å². The standard InChI is InChI=1S/C17H24N2O4/c1-11(2)19-10-13(9-17(19)21)18-16(20)8-12-5-6-14(22-3)15(7-12)23-4/h5-7,11,13H,8-10H2,1-4H3,(H,18,20). The van der Waals surface area contributed by atoms with Crippen molar-refractivity contribution in [1.82, 2.24) is 10.2 Å². The van der Waals surface area contributed by atoms with Gasteiger partial charge in [0.1, 0.15) is 0 Å². The summed E-state index contributed by atoms with van der Waals surface area (Å²) in [5, 5.41) is 2.94. The van der Waals surface area contributed by atoms with Gasteiger partial charge in [-0.15, -0.1) is 0 Å². The van der Waals surface area contributed by atoms with Gasteiger partial charge in [0.05, 0.1) is 26.7 Å². The Labute approximate surface area is 136 Å². The maximum Gasteiger partial charge on any atom is 0.225 e. The number of nitrogens with one attached hydrogen (secondary N) is 1. The summed E-state index contributed by atoms with van der Waals surface area (Å²) in [4.78, 5) is 25.8. The van der Waals surface area contributed by atoms with Crippen molar-refractivity contribution >= 4 is 11.8 Å². The molecule has 0 aliphatic carbocycles. The molecule has 1 aliphatic rings. The number of benzene rings is 1. The molecule has 1 fully saturated rings. The second-order valence-corrected chi connectivity index (χ2v) is 5.97. The molecule has 6 heteroatoms. The zero-order chi connectivity index (χ0) is 17.0. The molecule has 2 amide bonds. The Kier molecular flexibility index (Phi) is 5.47. The number of hydrogen-bond acceptors (Lipinski definition) is 4. The van der Waals surface area contributed by atoms with Gasteiger partial charge in [-0.2, -0.15) is 0 Å². The number of hydrogen-bond donors (Lipinski definition) is 1. The molecule has 1 atom stereocenters. The predicted molar refractivity (Wildman–Crippen MR) is 86.6 cm³/mol. The molecular formula is C17H24N2O4. The Morgan fingerprint density at radius 2 is 2.00 bits per heavy atom. The van der Waals surface area contributed by atoms with Crippen molar-refractivity contribution in [1.29, 1.82) is 0 Å². The van der Waals surface area contributed by atoms with Crippen molar-refractivity contribution in [2.75, 3.05) is 20.8 Å². The first-order chi connectivity index (χ1) is 10.9. The Morgan fingerprint density at radius 3 is 2.57 bits per heavy atom. The highest BCUT2D eigenvalue weighted by molar-refractivity contribution is 5.83. The fraction of sp³-hybridized carbons (Fsp3) is 0.529. The number of ether oxygens (including phenoxy) is 2. The van der Waals surface area contributed by atoms with Gasteiger partial charge in [0, 0.05) is 19.0 Å². The highest BCUT2D eigenvalue weighted by Crippen LogP contribution is 2.27. The first-order valence-corrected chi connectivity index (χ1v) is 7.74. The lowest BCUT2D eigenvalue weighted by Crippen LogP contribution is -2.39. The van der Waals surface area contributed by atoms with E-state index in [9.17, 15) is 9.59 Å². The molecule has 23 heavy (non-hydrogen) atoms. The minimum atomic E-state index is -0.113. The SMILES string of the molecule is COc1ccc(CC(=O)NC2CC(=O)N(C(C)C)C2)cc1OC. The van der Waals surface area contributed by atoms with E-state index in [1.165, 1.54) is 0 Å². The van der Waals surface area contributed by atoms with Crippen LogP contribution in [0.15, 0.2) is 18.2 Å². The monoisotopic (exact) mass is 320 g/mol. The smallest absolute Gasteiger partial charge is 0.225 e. The molecule has 1 N–H and O–H groups in total. The number of carbonyl (C=O) groups is 2.